The molecule has 4 N–H and O–H groups in total. The van der Waals surface area contributed by atoms with Crippen molar-refractivity contribution in [3.8, 4) is 0 Å². The zero-order valence-corrected chi connectivity index (χ0v) is 9.36. The normalized spacial score (nSPS) is 14.4. The molecular weight excluding hydrogens is 212 g/mol. The van der Waals surface area contributed by atoms with Crippen LogP contribution in [-0.4, -0.2) is 33.5 Å². The lowest BCUT2D eigenvalue weighted by Crippen LogP contribution is -2.40. The van der Waals surface area contributed by atoms with Gasteiger partial charge >= 0.3 is 0 Å². The zero-order valence-electron chi connectivity index (χ0n) is 9.36. The van der Waals surface area contributed by atoms with Crippen LogP contribution in [0.25, 0.3) is 0 Å². The monoisotopic (exact) mass is 228 g/mol. The molecule has 1 heterocycles. The summed E-state index contributed by atoms with van der Waals surface area (Å²) in [6, 6.07) is 0. The number of amides is 1. The molecule has 0 bridgehead atoms. The fourth-order valence-electron chi connectivity index (χ4n) is 1.33. The average Bonchev–Trinajstić information content (AvgIpc) is 2.61. The Morgan fingerprint density at radius 3 is 2.81 bits per heavy atom. The van der Waals surface area contributed by atoms with Gasteiger partial charge in [0, 0.05) is 6.54 Å². The van der Waals surface area contributed by atoms with Crippen LogP contribution in [0.2, 0.25) is 0 Å². The van der Waals surface area contributed by atoms with E-state index in [0.717, 1.165) is 6.42 Å². The predicted octanol–water partition coefficient (Wildman–Crippen LogP) is -0.0673. The highest BCUT2D eigenvalue weighted by Gasteiger charge is 2.22. The van der Waals surface area contributed by atoms with E-state index >= 15 is 0 Å². The van der Waals surface area contributed by atoms with Crippen LogP contribution in [0.3, 0.4) is 0 Å². The Morgan fingerprint density at radius 1 is 1.62 bits per heavy atom. The summed E-state index contributed by atoms with van der Waals surface area (Å²) in [4.78, 5) is 11.5. The first-order valence-corrected chi connectivity index (χ1v) is 5.05. The largest absolute Gasteiger partial charge is 0.388 e. The Hall–Kier alpha value is -1.63. The van der Waals surface area contributed by atoms with E-state index < -0.39 is 11.5 Å². The molecule has 1 amide bonds. The maximum atomic E-state index is 11.5. The summed E-state index contributed by atoms with van der Waals surface area (Å²) in [6.45, 7) is 3.74. The van der Waals surface area contributed by atoms with Gasteiger partial charge in [-0.2, -0.15) is 0 Å². The van der Waals surface area contributed by atoms with Crippen LogP contribution in [0, 0.1) is 0 Å². The Balaban J connectivity index is 2.51. The maximum absolute atomic E-state index is 11.5. The number of carbonyl (C=O) groups is 1. The van der Waals surface area contributed by atoms with E-state index in [0.29, 0.717) is 6.42 Å². The molecular formula is C9H16N4O3. The van der Waals surface area contributed by atoms with Gasteiger partial charge in [-0.15, -0.1) is 0 Å². The molecule has 1 rings (SSSR count). The summed E-state index contributed by atoms with van der Waals surface area (Å²) in [7, 11) is 0. The van der Waals surface area contributed by atoms with Crippen molar-refractivity contribution in [2.24, 2.45) is 0 Å². The topological polar surface area (TPSA) is 114 Å². The van der Waals surface area contributed by atoms with Crippen molar-refractivity contribution in [1.29, 1.82) is 0 Å². The molecule has 0 aliphatic carbocycles. The van der Waals surface area contributed by atoms with E-state index in [1.165, 1.54) is 0 Å². The number of aliphatic hydroxyl groups is 1. The number of rotatable bonds is 5. The minimum atomic E-state index is -0.934. The number of carbonyl (C=O) groups excluding carboxylic acids is 1. The molecule has 1 atom stereocenters. The van der Waals surface area contributed by atoms with Crippen LogP contribution in [-0.2, 0) is 0 Å². The van der Waals surface area contributed by atoms with Crippen LogP contribution in [0.15, 0.2) is 4.63 Å². The molecule has 0 aliphatic heterocycles. The van der Waals surface area contributed by atoms with Crippen molar-refractivity contribution in [1.82, 2.24) is 15.6 Å². The molecule has 0 radical (unpaired) electrons. The van der Waals surface area contributed by atoms with Crippen molar-refractivity contribution in [3.63, 3.8) is 0 Å². The minimum absolute atomic E-state index is 0.0624. The van der Waals surface area contributed by atoms with Gasteiger partial charge in [0.25, 0.3) is 5.91 Å². The van der Waals surface area contributed by atoms with Gasteiger partial charge < -0.3 is 16.2 Å². The molecule has 0 saturated carbocycles. The van der Waals surface area contributed by atoms with Crippen molar-refractivity contribution < 1.29 is 14.5 Å². The highest BCUT2D eigenvalue weighted by atomic mass is 16.6. The van der Waals surface area contributed by atoms with E-state index in [4.69, 9.17) is 5.73 Å². The summed E-state index contributed by atoms with van der Waals surface area (Å²) >= 11 is 0. The molecule has 7 nitrogen and oxygen atoms in total. The quantitative estimate of drug-likeness (QED) is 0.650. The molecule has 0 spiro atoms. The standard InChI is InChI=1S/C9H16N4O3/c1-3-4-9(2,15)5-11-8(14)6-7(10)13-16-12-6/h15H,3-5H2,1-2H3,(H2,10,13)(H,11,14). The third-order valence-corrected chi connectivity index (χ3v) is 2.15. The molecule has 0 aliphatic rings. The van der Waals surface area contributed by atoms with Crippen molar-refractivity contribution in [2.75, 3.05) is 12.3 Å². The maximum Gasteiger partial charge on any atom is 0.277 e. The lowest BCUT2D eigenvalue weighted by molar-refractivity contribution is 0.0467. The minimum Gasteiger partial charge on any atom is -0.388 e. The molecule has 1 aromatic heterocycles. The number of anilines is 1. The summed E-state index contributed by atoms with van der Waals surface area (Å²) in [6.07, 6.45) is 1.43. The number of nitrogens with two attached hydrogens (primary N) is 1. The van der Waals surface area contributed by atoms with E-state index in [9.17, 15) is 9.90 Å². The number of hydrogen-bond acceptors (Lipinski definition) is 6. The van der Waals surface area contributed by atoms with Crippen LogP contribution in [0.5, 0.6) is 0 Å². The number of nitrogens with zero attached hydrogens (tertiary/aromatic N) is 2. The second-order valence-electron chi connectivity index (χ2n) is 3.93. The number of hydrogen-bond donors (Lipinski definition) is 3. The lowest BCUT2D eigenvalue weighted by atomic mass is 10.0. The smallest absolute Gasteiger partial charge is 0.277 e. The zero-order chi connectivity index (χ0) is 12.2. The highest BCUT2D eigenvalue weighted by molar-refractivity contribution is 5.95. The fourth-order valence-corrected chi connectivity index (χ4v) is 1.33. The van der Waals surface area contributed by atoms with Crippen molar-refractivity contribution in [2.45, 2.75) is 32.3 Å². The third kappa shape index (κ3) is 3.20. The Labute approximate surface area is 93.0 Å². The third-order valence-electron chi connectivity index (χ3n) is 2.15. The SMILES string of the molecule is CCCC(C)(O)CNC(=O)c1nonc1N. The first kappa shape index (κ1) is 12.4. The molecule has 16 heavy (non-hydrogen) atoms. The van der Waals surface area contributed by atoms with Gasteiger partial charge in [0.15, 0.2) is 0 Å². The van der Waals surface area contributed by atoms with E-state index in [1.54, 1.807) is 6.92 Å². The Kier molecular flexibility index (Phi) is 3.83. The van der Waals surface area contributed by atoms with Crippen LogP contribution in [0.4, 0.5) is 5.82 Å². The summed E-state index contributed by atoms with van der Waals surface area (Å²) in [5.74, 6) is -0.567. The molecule has 1 aromatic rings. The van der Waals surface area contributed by atoms with E-state index in [1.807, 2.05) is 6.92 Å². The molecule has 0 saturated heterocycles. The van der Waals surface area contributed by atoms with Gasteiger partial charge in [0.1, 0.15) is 0 Å². The average molecular weight is 228 g/mol. The van der Waals surface area contributed by atoms with Crippen LogP contribution >= 0.6 is 0 Å². The van der Waals surface area contributed by atoms with Gasteiger partial charge in [0.05, 0.1) is 5.60 Å². The predicted molar refractivity (Wildman–Crippen MR) is 56.6 cm³/mol. The van der Waals surface area contributed by atoms with Crippen LogP contribution in [0.1, 0.15) is 37.2 Å². The Bertz CT molecular complexity index is 361. The van der Waals surface area contributed by atoms with Crippen molar-refractivity contribution >= 4 is 11.7 Å². The first-order chi connectivity index (χ1) is 7.46. The van der Waals surface area contributed by atoms with Gasteiger partial charge in [-0.05, 0) is 23.7 Å². The van der Waals surface area contributed by atoms with Gasteiger partial charge in [-0.3, -0.25) is 4.79 Å². The van der Waals surface area contributed by atoms with E-state index in [2.05, 4.69) is 20.3 Å². The van der Waals surface area contributed by atoms with E-state index in [-0.39, 0.29) is 18.1 Å². The molecule has 1 unspecified atom stereocenters. The number of nitrogens with one attached hydrogen (secondary N) is 1. The van der Waals surface area contributed by atoms with Crippen LogP contribution < -0.4 is 11.1 Å². The fraction of sp³-hybridized carbons (Fsp3) is 0.667. The number of aromatic nitrogens is 2. The number of nitrogen functional groups attached to an aromatic ring is 1. The molecule has 0 fully saturated rings. The van der Waals surface area contributed by atoms with Gasteiger partial charge in [-0.1, -0.05) is 13.3 Å². The summed E-state index contributed by atoms with van der Waals surface area (Å²) in [5, 5.41) is 19.0. The molecule has 0 aromatic carbocycles. The Morgan fingerprint density at radius 2 is 2.31 bits per heavy atom. The lowest BCUT2D eigenvalue weighted by Gasteiger charge is -2.22. The summed E-state index contributed by atoms with van der Waals surface area (Å²) in [5.41, 5.74) is 4.35. The molecule has 90 valence electrons. The first-order valence-electron chi connectivity index (χ1n) is 5.05. The summed E-state index contributed by atoms with van der Waals surface area (Å²) < 4.78 is 4.30. The second kappa shape index (κ2) is 4.93. The van der Waals surface area contributed by atoms with Crippen molar-refractivity contribution in [3.05, 3.63) is 5.69 Å². The van der Waals surface area contributed by atoms with Gasteiger partial charge in [0.2, 0.25) is 11.5 Å². The van der Waals surface area contributed by atoms with Gasteiger partial charge in [-0.25, -0.2) is 4.63 Å². The molecule has 7 heteroatoms. The highest BCUT2D eigenvalue weighted by Crippen LogP contribution is 2.11. The second-order valence-corrected chi connectivity index (χ2v) is 3.93.